The number of hydrogen-bond donors (Lipinski definition) is 2. The van der Waals surface area contributed by atoms with Crippen LogP contribution in [0.15, 0.2) is 84.9 Å². The lowest BCUT2D eigenvalue weighted by atomic mass is 10.0. The van der Waals surface area contributed by atoms with Gasteiger partial charge in [-0.3, -0.25) is 9.59 Å². The number of hydroxylamine groups is 4. The zero-order valence-corrected chi connectivity index (χ0v) is 31.8. The molecule has 6 rings (SSSR count). The Balaban J connectivity index is 0.929. The minimum Gasteiger partial charge on any atom is -0.349 e. The molecule has 2 aliphatic heterocycles. The van der Waals surface area contributed by atoms with E-state index < -0.39 is 6.95 Å². The molecule has 2 N–H and O–H groups in total. The molecule has 268 valence electrons. The SMILES string of the molecule is O=C(NC1CCN(OP(=O)(Cl)ON2CCC(NC(=O)c3cccc(-c4cc(Cl)cc(Cl)c4)c3)CC2)CC1)c1cccc(-c2cc(Cl)cc(Cl)c2)c1. The zero-order valence-electron chi connectivity index (χ0n) is 27.2. The van der Waals surface area contributed by atoms with Crippen LogP contribution in [0, 0.1) is 0 Å². The second-order valence-electron chi connectivity index (χ2n) is 12.4. The van der Waals surface area contributed by atoms with Gasteiger partial charge in [-0.2, -0.15) is 10.1 Å². The van der Waals surface area contributed by atoms with Crippen molar-refractivity contribution in [3.63, 3.8) is 0 Å². The minimum absolute atomic E-state index is 0.107. The first-order valence-electron chi connectivity index (χ1n) is 16.3. The number of nitrogens with one attached hydrogen (secondary N) is 2. The van der Waals surface area contributed by atoms with Crippen LogP contribution in [0.25, 0.3) is 22.3 Å². The first-order chi connectivity index (χ1) is 24.4. The maximum atomic E-state index is 13.1. The van der Waals surface area contributed by atoms with Crippen molar-refractivity contribution in [2.75, 3.05) is 26.2 Å². The Hall–Kier alpha value is -2.66. The van der Waals surface area contributed by atoms with Gasteiger partial charge in [-0.15, -0.1) is 0 Å². The summed E-state index contributed by atoms with van der Waals surface area (Å²) in [4.78, 5) is 26.1. The first kappa shape index (κ1) is 38.1. The molecule has 0 aromatic heterocycles. The summed E-state index contributed by atoms with van der Waals surface area (Å²) in [6, 6.07) is 24.8. The lowest BCUT2D eigenvalue weighted by Crippen LogP contribution is -2.45. The highest BCUT2D eigenvalue weighted by Crippen LogP contribution is 2.55. The Morgan fingerprint density at radius 1 is 0.569 bits per heavy atom. The van der Waals surface area contributed by atoms with Crippen molar-refractivity contribution < 1.29 is 23.4 Å². The van der Waals surface area contributed by atoms with Crippen molar-refractivity contribution in [1.82, 2.24) is 20.8 Å². The van der Waals surface area contributed by atoms with E-state index >= 15 is 0 Å². The van der Waals surface area contributed by atoms with E-state index in [1.165, 1.54) is 10.1 Å². The van der Waals surface area contributed by atoms with Gasteiger partial charge in [0.25, 0.3) is 11.8 Å². The van der Waals surface area contributed by atoms with Crippen LogP contribution in [0.2, 0.25) is 20.1 Å². The molecule has 9 nitrogen and oxygen atoms in total. The van der Waals surface area contributed by atoms with Crippen molar-refractivity contribution in [2.24, 2.45) is 0 Å². The third-order valence-electron chi connectivity index (χ3n) is 8.65. The molecule has 4 aromatic rings. The Morgan fingerprint density at radius 3 is 1.27 bits per heavy atom. The standard InChI is InChI=1S/C36H34Cl5N4O5P/c37-29-17-27(18-30(38)21-29)23-3-1-5-25(15-23)35(46)42-33-7-11-44(12-8-33)49-51(41,48)50-45-13-9-34(10-14-45)43-36(47)26-6-2-4-24(16-26)28-19-31(39)22-32(40)20-28/h1-6,15-22,33-34H,7-14H2,(H,42,46)(H,43,47). The number of rotatable bonds is 10. The maximum absolute atomic E-state index is 13.1. The van der Waals surface area contributed by atoms with E-state index in [0.717, 1.165) is 22.3 Å². The predicted molar refractivity (Wildman–Crippen MR) is 204 cm³/mol. The van der Waals surface area contributed by atoms with E-state index in [9.17, 15) is 14.2 Å². The maximum Gasteiger partial charge on any atom is 0.457 e. The van der Waals surface area contributed by atoms with E-state index in [0.29, 0.717) is 83.1 Å². The predicted octanol–water partition coefficient (Wildman–Crippen LogP) is 9.93. The van der Waals surface area contributed by atoms with E-state index in [1.807, 2.05) is 24.3 Å². The van der Waals surface area contributed by atoms with Crippen LogP contribution < -0.4 is 10.6 Å². The molecule has 4 aromatic carbocycles. The molecule has 0 bridgehead atoms. The molecule has 2 fully saturated rings. The van der Waals surface area contributed by atoms with Crippen LogP contribution in [0.5, 0.6) is 0 Å². The molecule has 2 amide bonds. The normalized spacial score (nSPS) is 16.6. The number of amides is 2. The number of carbonyl (C=O) groups is 2. The average molecular weight is 811 g/mol. The van der Waals surface area contributed by atoms with Crippen LogP contribution in [0.4, 0.5) is 0 Å². The third kappa shape index (κ3) is 10.7. The van der Waals surface area contributed by atoms with Crippen molar-refractivity contribution in [3.05, 3.63) is 116 Å². The first-order valence-corrected chi connectivity index (χ1v) is 20.3. The van der Waals surface area contributed by atoms with Crippen molar-refractivity contribution in [2.45, 2.75) is 37.8 Å². The number of nitrogens with zero attached hydrogens (tertiary/aromatic N) is 2. The lowest BCUT2D eigenvalue weighted by molar-refractivity contribution is -0.132. The Bertz CT molecular complexity index is 1780. The monoisotopic (exact) mass is 808 g/mol. The Morgan fingerprint density at radius 2 is 0.922 bits per heavy atom. The summed E-state index contributed by atoms with van der Waals surface area (Å²) in [5.74, 6) is -0.404. The van der Waals surface area contributed by atoms with Crippen LogP contribution in [0.1, 0.15) is 46.4 Å². The van der Waals surface area contributed by atoms with Crippen molar-refractivity contribution >= 4 is 76.4 Å². The van der Waals surface area contributed by atoms with Gasteiger partial charge in [-0.05, 0) is 109 Å². The van der Waals surface area contributed by atoms with Gasteiger partial charge in [0.1, 0.15) is 0 Å². The summed E-state index contributed by atoms with van der Waals surface area (Å²) in [5.41, 5.74) is 4.30. The van der Waals surface area contributed by atoms with Gasteiger partial charge >= 0.3 is 6.95 Å². The van der Waals surface area contributed by atoms with Gasteiger partial charge in [0.2, 0.25) is 0 Å². The largest absolute Gasteiger partial charge is 0.457 e. The summed E-state index contributed by atoms with van der Waals surface area (Å²) >= 11 is 30.9. The van der Waals surface area contributed by atoms with E-state index in [-0.39, 0.29) is 23.9 Å². The number of hydrogen-bond acceptors (Lipinski definition) is 7. The summed E-state index contributed by atoms with van der Waals surface area (Å²) in [6.45, 7) is -2.41. The molecule has 0 unspecified atom stereocenters. The highest BCUT2D eigenvalue weighted by molar-refractivity contribution is 7.81. The lowest BCUT2D eigenvalue weighted by Gasteiger charge is -2.35. The van der Waals surface area contributed by atoms with E-state index in [4.69, 9.17) is 66.9 Å². The smallest absolute Gasteiger partial charge is 0.349 e. The Labute approximate surface area is 321 Å². The van der Waals surface area contributed by atoms with E-state index in [1.54, 1.807) is 60.7 Å². The molecule has 2 heterocycles. The minimum atomic E-state index is -3.99. The molecule has 15 heteroatoms. The van der Waals surface area contributed by atoms with Crippen molar-refractivity contribution in [1.29, 1.82) is 0 Å². The van der Waals surface area contributed by atoms with Gasteiger partial charge in [0, 0.05) is 80.7 Å². The fraction of sp³-hybridized carbons (Fsp3) is 0.278. The fourth-order valence-corrected chi connectivity index (χ4v) is 8.60. The molecule has 2 saturated heterocycles. The summed E-state index contributed by atoms with van der Waals surface area (Å²) < 4.78 is 24.3. The van der Waals surface area contributed by atoms with Crippen LogP contribution in [0.3, 0.4) is 0 Å². The van der Waals surface area contributed by atoms with Gasteiger partial charge in [-0.25, -0.2) is 13.8 Å². The summed E-state index contributed by atoms with van der Waals surface area (Å²) in [7, 11) is 0. The molecule has 51 heavy (non-hydrogen) atoms. The highest BCUT2D eigenvalue weighted by atomic mass is 35.7. The molecule has 0 aliphatic carbocycles. The molecule has 0 radical (unpaired) electrons. The molecular weight excluding hydrogens is 777 g/mol. The number of piperidine rings is 2. The van der Waals surface area contributed by atoms with Gasteiger partial charge in [0.05, 0.1) is 0 Å². The quantitative estimate of drug-likeness (QED) is 0.154. The van der Waals surface area contributed by atoms with Crippen LogP contribution in [-0.4, -0.2) is 60.2 Å². The molecular formula is C36H34Cl5N4O5P. The molecule has 0 saturated carbocycles. The number of halogens is 5. The van der Waals surface area contributed by atoms with Gasteiger partial charge in [0.15, 0.2) is 0 Å². The topological polar surface area (TPSA) is 100 Å². The van der Waals surface area contributed by atoms with E-state index in [2.05, 4.69) is 10.6 Å². The second kappa shape index (κ2) is 17.0. The van der Waals surface area contributed by atoms with Crippen LogP contribution >= 0.6 is 64.6 Å². The molecule has 0 atom stereocenters. The van der Waals surface area contributed by atoms with Gasteiger partial charge in [-0.1, -0.05) is 70.7 Å². The number of benzene rings is 4. The second-order valence-corrected chi connectivity index (χ2v) is 16.6. The fourth-order valence-electron chi connectivity index (χ4n) is 6.11. The summed E-state index contributed by atoms with van der Waals surface area (Å²) in [6.07, 6.45) is 2.25. The third-order valence-corrected chi connectivity index (χ3v) is 10.7. The summed E-state index contributed by atoms with van der Waals surface area (Å²) in [5, 5.41) is 11.2. The average Bonchev–Trinajstić information content (AvgIpc) is 3.09. The van der Waals surface area contributed by atoms with Gasteiger partial charge < -0.3 is 10.6 Å². The highest BCUT2D eigenvalue weighted by Gasteiger charge is 2.34. The van der Waals surface area contributed by atoms with Crippen molar-refractivity contribution in [3.8, 4) is 22.3 Å². The van der Waals surface area contributed by atoms with Crippen LogP contribution in [-0.2, 0) is 13.8 Å². The Kier molecular flexibility index (Phi) is 12.7. The molecule has 2 aliphatic rings. The number of carbonyl (C=O) groups excluding carboxylic acids is 2. The molecule has 0 spiro atoms. The zero-order chi connectivity index (χ0) is 36.1.